The van der Waals surface area contributed by atoms with Crippen LogP contribution in [-0.2, 0) is 0 Å². The summed E-state index contributed by atoms with van der Waals surface area (Å²) in [6.45, 7) is 0.0991. The third kappa shape index (κ3) is 1.78. The SMILES string of the molecule is O=c1[nH]c(NC2(CO)CCC2)cc2ccccc12. The number of aliphatic hydroxyl groups is 1. The lowest BCUT2D eigenvalue weighted by molar-refractivity contribution is 0.144. The number of anilines is 1. The van der Waals surface area contributed by atoms with Gasteiger partial charge < -0.3 is 15.4 Å². The highest BCUT2D eigenvalue weighted by Crippen LogP contribution is 2.34. The van der Waals surface area contributed by atoms with Crippen molar-refractivity contribution in [3.8, 4) is 0 Å². The molecule has 1 aromatic heterocycles. The van der Waals surface area contributed by atoms with Crippen LogP contribution in [0.2, 0.25) is 0 Å². The van der Waals surface area contributed by atoms with Gasteiger partial charge in [0.25, 0.3) is 5.56 Å². The summed E-state index contributed by atoms with van der Waals surface area (Å²) in [6, 6.07) is 9.42. The molecular formula is C14H16N2O2. The number of nitrogens with one attached hydrogen (secondary N) is 2. The first-order valence-electron chi connectivity index (χ1n) is 6.24. The summed E-state index contributed by atoms with van der Waals surface area (Å²) in [5, 5.41) is 14.3. The number of fused-ring (bicyclic) bond motifs is 1. The fourth-order valence-corrected chi connectivity index (χ4v) is 2.49. The molecule has 18 heavy (non-hydrogen) atoms. The molecule has 0 aliphatic heterocycles. The zero-order chi connectivity index (χ0) is 12.6. The largest absolute Gasteiger partial charge is 0.394 e. The average molecular weight is 244 g/mol. The topological polar surface area (TPSA) is 65.1 Å². The zero-order valence-corrected chi connectivity index (χ0v) is 10.1. The molecule has 3 N–H and O–H groups in total. The van der Waals surface area contributed by atoms with E-state index >= 15 is 0 Å². The Morgan fingerprint density at radius 1 is 1.33 bits per heavy atom. The van der Waals surface area contributed by atoms with Gasteiger partial charge in [-0.2, -0.15) is 0 Å². The molecule has 1 fully saturated rings. The standard InChI is InChI=1S/C14H16N2O2/c17-9-14(6-3-7-14)16-12-8-10-4-1-2-5-11(10)13(18)15-12/h1-2,4-5,8,17H,3,6-7,9H2,(H2,15,16,18). The van der Waals surface area contributed by atoms with Crippen molar-refractivity contribution in [3.05, 3.63) is 40.7 Å². The van der Waals surface area contributed by atoms with Gasteiger partial charge in [0.15, 0.2) is 0 Å². The predicted molar refractivity (Wildman–Crippen MR) is 71.9 cm³/mol. The molecule has 0 radical (unpaired) electrons. The third-order valence-corrected chi connectivity index (χ3v) is 3.77. The molecule has 0 saturated heterocycles. The molecule has 0 amide bonds. The van der Waals surface area contributed by atoms with Crippen molar-refractivity contribution in [2.24, 2.45) is 0 Å². The number of rotatable bonds is 3. The fraction of sp³-hybridized carbons (Fsp3) is 0.357. The van der Waals surface area contributed by atoms with E-state index in [1.54, 1.807) is 0 Å². The summed E-state index contributed by atoms with van der Waals surface area (Å²) in [5.41, 5.74) is -0.339. The van der Waals surface area contributed by atoms with Crippen molar-refractivity contribution in [2.75, 3.05) is 11.9 Å². The predicted octanol–water partition coefficient (Wildman–Crippen LogP) is 1.85. The summed E-state index contributed by atoms with van der Waals surface area (Å²) in [7, 11) is 0. The fourth-order valence-electron chi connectivity index (χ4n) is 2.49. The molecule has 94 valence electrons. The van der Waals surface area contributed by atoms with Crippen molar-refractivity contribution >= 4 is 16.6 Å². The quantitative estimate of drug-likeness (QED) is 0.772. The first-order chi connectivity index (χ1) is 8.72. The number of pyridine rings is 1. The van der Waals surface area contributed by atoms with Gasteiger partial charge in [-0.1, -0.05) is 18.2 Å². The summed E-state index contributed by atoms with van der Waals surface area (Å²) < 4.78 is 0. The Labute approximate surface area is 105 Å². The van der Waals surface area contributed by atoms with Gasteiger partial charge in [0.2, 0.25) is 0 Å². The molecule has 4 nitrogen and oxygen atoms in total. The van der Waals surface area contributed by atoms with Crippen LogP contribution >= 0.6 is 0 Å². The van der Waals surface area contributed by atoms with Gasteiger partial charge in [-0.05, 0) is 36.8 Å². The first kappa shape index (κ1) is 11.3. The van der Waals surface area contributed by atoms with E-state index in [0.717, 1.165) is 24.6 Å². The minimum absolute atomic E-state index is 0.0944. The van der Waals surface area contributed by atoms with Crippen LogP contribution in [0.5, 0.6) is 0 Å². The Morgan fingerprint density at radius 3 is 2.78 bits per heavy atom. The van der Waals surface area contributed by atoms with Crippen LogP contribution in [-0.4, -0.2) is 22.2 Å². The second kappa shape index (κ2) is 4.14. The lowest BCUT2D eigenvalue weighted by Gasteiger charge is -2.41. The van der Waals surface area contributed by atoms with E-state index in [9.17, 15) is 9.90 Å². The number of H-pyrrole nitrogens is 1. The van der Waals surface area contributed by atoms with Crippen LogP contribution in [0.3, 0.4) is 0 Å². The number of benzene rings is 1. The van der Waals surface area contributed by atoms with Crippen molar-refractivity contribution in [2.45, 2.75) is 24.8 Å². The Kier molecular flexibility index (Phi) is 2.59. The molecule has 1 aliphatic carbocycles. The van der Waals surface area contributed by atoms with E-state index in [-0.39, 0.29) is 17.7 Å². The summed E-state index contributed by atoms with van der Waals surface area (Å²) in [4.78, 5) is 14.8. The first-order valence-corrected chi connectivity index (χ1v) is 6.24. The third-order valence-electron chi connectivity index (χ3n) is 3.77. The maximum absolute atomic E-state index is 11.9. The number of hydrogen-bond acceptors (Lipinski definition) is 3. The number of aromatic amines is 1. The number of aromatic nitrogens is 1. The summed E-state index contributed by atoms with van der Waals surface area (Å²) >= 11 is 0. The van der Waals surface area contributed by atoms with Crippen LogP contribution in [0.15, 0.2) is 35.1 Å². The van der Waals surface area contributed by atoms with Crippen molar-refractivity contribution < 1.29 is 5.11 Å². The molecule has 0 spiro atoms. The average Bonchev–Trinajstić information content (AvgIpc) is 2.34. The highest BCUT2D eigenvalue weighted by Gasteiger charge is 2.36. The lowest BCUT2D eigenvalue weighted by atomic mass is 9.77. The molecule has 0 bridgehead atoms. The second-order valence-corrected chi connectivity index (χ2v) is 5.02. The maximum Gasteiger partial charge on any atom is 0.257 e. The maximum atomic E-state index is 11.9. The molecule has 0 atom stereocenters. The van der Waals surface area contributed by atoms with E-state index in [1.807, 2.05) is 30.3 Å². The lowest BCUT2D eigenvalue weighted by Crippen LogP contribution is -2.48. The Bertz CT molecular complexity index is 623. The molecule has 1 aliphatic rings. The molecule has 0 unspecified atom stereocenters. The van der Waals surface area contributed by atoms with Gasteiger partial charge in [-0.3, -0.25) is 4.79 Å². The monoisotopic (exact) mass is 244 g/mol. The molecule has 2 aromatic rings. The summed E-state index contributed by atoms with van der Waals surface area (Å²) in [6.07, 6.45) is 3.00. The molecule has 1 heterocycles. The van der Waals surface area contributed by atoms with Crippen LogP contribution in [0.25, 0.3) is 10.8 Å². The number of aliphatic hydroxyl groups excluding tert-OH is 1. The molecular weight excluding hydrogens is 228 g/mol. The highest BCUT2D eigenvalue weighted by molar-refractivity contribution is 5.83. The van der Waals surface area contributed by atoms with Crippen LogP contribution in [0.1, 0.15) is 19.3 Å². The van der Waals surface area contributed by atoms with Gasteiger partial charge in [0.1, 0.15) is 5.82 Å². The summed E-state index contributed by atoms with van der Waals surface area (Å²) in [5.74, 6) is 0.687. The smallest absolute Gasteiger partial charge is 0.257 e. The minimum Gasteiger partial charge on any atom is -0.394 e. The van der Waals surface area contributed by atoms with Crippen LogP contribution < -0.4 is 10.9 Å². The van der Waals surface area contributed by atoms with Gasteiger partial charge in [-0.25, -0.2) is 0 Å². The van der Waals surface area contributed by atoms with E-state index < -0.39 is 0 Å². The normalized spacial score (nSPS) is 17.4. The molecule has 4 heteroatoms. The van der Waals surface area contributed by atoms with E-state index in [4.69, 9.17) is 0 Å². The van der Waals surface area contributed by atoms with E-state index in [2.05, 4.69) is 10.3 Å². The van der Waals surface area contributed by atoms with Crippen molar-refractivity contribution in [3.63, 3.8) is 0 Å². The van der Waals surface area contributed by atoms with Crippen LogP contribution in [0, 0.1) is 0 Å². The Morgan fingerprint density at radius 2 is 2.11 bits per heavy atom. The van der Waals surface area contributed by atoms with Gasteiger partial charge in [0, 0.05) is 5.39 Å². The van der Waals surface area contributed by atoms with E-state index in [0.29, 0.717) is 11.2 Å². The Hall–Kier alpha value is -1.81. The molecule has 1 saturated carbocycles. The molecule has 3 rings (SSSR count). The second-order valence-electron chi connectivity index (χ2n) is 5.02. The van der Waals surface area contributed by atoms with Gasteiger partial charge in [-0.15, -0.1) is 0 Å². The van der Waals surface area contributed by atoms with Crippen molar-refractivity contribution in [1.29, 1.82) is 0 Å². The van der Waals surface area contributed by atoms with Crippen LogP contribution in [0.4, 0.5) is 5.82 Å². The van der Waals surface area contributed by atoms with E-state index in [1.165, 1.54) is 0 Å². The van der Waals surface area contributed by atoms with Crippen molar-refractivity contribution in [1.82, 2.24) is 4.98 Å². The Balaban J connectivity index is 2.00. The number of hydrogen-bond donors (Lipinski definition) is 3. The minimum atomic E-state index is -0.245. The van der Waals surface area contributed by atoms with Gasteiger partial charge >= 0.3 is 0 Å². The van der Waals surface area contributed by atoms with Gasteiger partial charge in [0.05, 0.1) is 12.1 Å². The zero-order valence-electron chi connectivity index (χ0n) is 10.1. The highest BCUT2D eigenvalue weighted by atomic mass is 16.3. The molecule has 1 aromatic carbocycles.